The SMILES string of the molecule is Cc1sc2ncn(Cc3ccc(C(=O)N(C)C)cc3)c(=O)c2c1-c1ccccc1. The van der Waals surface area contributed by atoms with Gasteiger partial charge in [-0.25, -0.2) is 4.98 Å². The van der Waals surface area contributed by atoms with E-state index in [0.29, 0.717) is 17.5 Å². The van der Waals surface area contributed by atoms with Gasteiger partial charge in [0.25, 0.3) is 11.5 Å². The van der Waals surface area contributed by atoms with Gasteiger partial charge in [0, 0.05) is 30.1 Å². The smallest absolute Gasteiger partial charge is 0.263 e. The molecule has 4 rings (SSSR count). The third-order valence-corrected chi connectivity index (χ3v) is 5.89. The monoisotopic (exact) mass is 403 g/mol. The molecule has 0 fully saturated rings. The van der Waals surface area contributed by atoms with Crippen molar-refractivity contribution in [1.29, 1.82) is 0 Å². The van der Waals surface area contributed by atoms with Gasteiger partial charge in [0.2, 0.25) is 0 Å². The van der Waals surface area contributed by atoms with Gasteiger partial charge in [-0.2, -0.15) is 0 Å². The van der Waals surface area contributed by atoms with Gasteiger partial charge in [0.1, 0.15) is 4.83 Å². The highest BCUT2D eigenvalue weighted by atomic mass is 32.1. The van der Waals surface area contributed by atoms with E-state index >= 15 is 0 Å². The van der Waals surface area contributed by atoms with Crippen molar-refractivity contribution >= 4 is 27.5 Å². The minimum Gasteiger partial charge on any atom is -0.345 e. The Morgan fingerprint density at radius 1 is 1.07 bits per heavy atom. The minimum atomic E-state index is -0.0494. The summed E-state index contributed by atoms with van der Waals surface area (Å²) in [4.78, 5) is 33.2. The lowest BCUT2D eigenvalue weighted by Gasteiger charge is -2.11. The molecular formula is C23H21N3O2S. The van der Waals surface area contributed by atoms with Gasteiger partial charge in [0.15, 0.2) is 0 Å². The number of hydrogen-bond acceptors (Lipinski definition) is 4. The van der Waals surface area contributed by atoms with Crippen molar-refractivity contribution in [2.75, 3.05) is 14.1 Å². The van der Waals surface area contributed by atoms with Gasteiger partial charge in [-0.1, -0.05) is 42.5 Å². The number of carbonyl (C=O) groups excluding carboxylic acids is 1. The van der Waals surface area contributed by atoms with Gasteiger partial charge in [0.05, 0.1) is 18.3 Å². The average molecular weight is 404 g/mol. The highest BCUT2D eigenvalue weighted by Crippen LogP contribution is 2.35. The summed E-state index contributed by atoms with van der Waals surface area (Å²) in [5.74, 6) is -0.0435. The number of nitrogens with zero attached hydrogens (tertiary/aromatic N) is 3. The van der Waals surface area contributed by atoms with Crippen molar-refractivity contribution in [3.8, 4) is 11.1 Å². The van der Waals surface area contributed by atoms with Crippen molar-refractivity contribution < 1.29 is 4.79 Å². The maximum Gasteiger partial charge on any atom is 0.263 e. The number of aryl methyl sites for hydroxylation is 1. The second kappa shape index (κ2) is 7.64. The zero-order chi connectivity index (χ0) is 20.5. The summed E-state index contributed by atoms with van der Waals surface area (Å²) in [5, 5.41) is 0.667. The molecule has 0 aliphatic carbocycles. The molecule has 2 aromatic carbocycles. The lowest BCUT2D eigenvalue weighted by molar-refractivity contribution is 0.0827. The van der Waals surface area contributed by atoms with Crippen LogP contribution in [-0.4, -0.2) is 34.5 Å². The van der Waals surface area contributed by atoms with Crippen molar-refractivity contribution in [2.24, 2.45) is 0 Å². The first-order chi connectivity index (χ1) is 14.0. The van der Waals surface area contributed by atoms with Gasteiger partial charge in [-0.15, -0.1) is 11.3 Å². The average Bonchev–Trinajstić information content (AvgIpc) is 3.07. The molecule has 0 saturated carbocycles. The van der Waals surface area contributed by atoms with Gasteiger partial charge in [-0.3, -0.25) is 14.2 Å². The molecule has 0 saturated heterocycles. The Hall–Kier alpha value is -3.25. The largest absolute Gasteiger partial charge is 0.345 e. The molecule has 146 valence electrons. The molecule has 0 aliphatic heterocycles. The first kappa shape index (κ1) is 19.1. The number of carbonyl (C=O) groups is 1. The third-order valence-electron chi connectivity index (χ3n) is 4.88. The van der Waals surface area contributed by atoms with Crippen LogP contribution in [0.4, 0.5) is 0 Å². The quantitative estimate of drug-likeness (QED) is 0.514. The molecule has 1 amide bonds. The van der Waals surface area contributed by atoms with Crippen LogP contribution in [0.25, 0.3) is 21.3 Å². The molecule has 29 heavy (non-hydrogen) atoms. The van der Waals surface area contributed by atoms with Crippen LogP contribution in [0.2, 0.25) is 0 Å². The molecule has 2 heterocycles. The van der Waals surface area contributed by atoms with E-state index in [2.05, 4.69) is 4.98 Å². The first-order valence-corrected chi connectivity index (χ1v) is 10.1. The third kappa shape index (κ3) is 3.59. The molecule has 0 N–H and O–H groups in total. The van der Waals surface area contributed by atoms with Gasteiger partial charge < -0.3 is 4.90 Å². The molecule has 2 aromatic heterocycles. The highest BCUT2D eigenvalue weighted by Gasteiger charge is 2.17. The van der Waals surface area contributed by atoms with E-state index in [4.69, 9.17) is 0 Å². The van der Waals surface area contributed by atoms with Gasteiger partial charge in [-0.05, 0) is 30.2 Å². The normalized spacial score (nSPS) is 11.0. The number of thiophene rings is 1. The van der Waals surface area contributed by atoms with E-state index < -0.39 is 0 Å². The van der Waals surface area contributed by atoms with Crippen LogP contribution < -0.4 is 5.56 Å². The number of fused-ring (bicyclic) bond motifs is 1. The van der Waals surface area contributed by atoms with Crippen LogP contribution in [0.15, 0.2) is 65.7 Å². The van der Waals surface area contributed by atoms with Crippen LogP contribution in [0.3, 0.4) is 0 Å². The Kier molecular flexibility index (Phi) is 5.03. The van der Waals surface area contributed by atoms with E-state index in [0.717, 1.165) is 26.4 Å². The molecule has 5 nitrogen and oxygen atoms in total. The Balaban J connectivity index is 1.73. The van der Waals surface area contributed by atoms with Crippen molar-refractivity contribution in [3.05, 3.63) is 87.3 Å². The highest BCUT2D eigenvalue weighted by molar-refractivity contribution is 7.19. The summed E-state index contributed by atoms with van der Waals surface area (Å²) in [6, 6.07) is 17.3. The molecule has 0 aliphatic rings. The summed E-state index contributed by atoms with van der Waals surface area (Å²) in [5.41, 5.74) is 3.51. The number of hydrogen-bond donors (Lipinski definition) is 0. The van der Waals surface area contributed by atoms with Crippen molar-refractivity contribution in [2.45, 2.75) is 13.5 Å². The minimum absolute atomic E-state index is 0.0435. The molecule has 0 bridgehead atoms. The summed E-state index contributed by atoms with van der Waals surface area (Å²) in [7, 11) is 3.45. The van der Waals surface area contributed by atoms with E-state index in [-0.39, 0.29) is 11.5 Å². The maximum absolute atomic E-state index is 13.3. The number of aromatic nitrogens is 2. The van der Waals surface area contributed by atoms with Gasteiger partial charge >= 0.3 is 0 Å². The predicted octanol–water partition coefficient (Wildman–Crippen LogP) is 4.18. The Morgan fingerprint density at radius 2 is 1.76 bits per heavy atom. The second-order valence-corrected chi connectivity index (χ2v) is 8.36. The zero-order valence-electron chi connectivity index (χ0n) is 16.5. The number of rotatable bonds is 4. The van der Waals surface area contributed by atoms with Crippen molar-refractivity contribution in [3.63, 3.8) is 0 Å². The zero-order valence-corrected chi connectivity index (χ0v) is 17.4. The molecule has 0 unspecified atom stereocenters. The van der Waals surface area contributed by atoms with Crippen LogP contribution in [0, 0.1) is 6.92 Å². The summed E-state index contributed by atoms with van der Waals surface area (Å²) < 4.78 is 1.63. The predicted molar refractivity (Wildman–Crippen MR) is 118 cm³/mol. The van der Waals surface area contributed by atoms with E-state index in [1.807, 2.05) is 49.4 Å². The molecular weight excluding hydrogens is 382 g/mol. The fourth-order valence-electron chi connectivity index (χ4n) is 3.41. The summed E-state index contributed by atoms with van der Waals surface area (Å²) >= 11 is 1.54. The van der Waals surface area contributed by atoms with E-state index in [9.17, 15) is 9.59 Å². The lowest BCUT2D eigenvalue weighted by Crippen LogP contribution is -2.22. The van der Waals surface area contributed by atoms with Crippen molar-refractivity contribution in [1.82, 2.24) is 14.5 Å². The Bertz CT molecular complexity index is 1240. The van der Waals surface area contributed by atoms with Crippen LogP contribution in [0.1, 0.15) is 20.8 Å². The summed E-state index contributed by atoms with van der Waals surface area (Å²) in [6.45, 7) is 2.43. The molecule has 4 aromatic rings. The molecule has 0 radical (unpaired) electrons. The van der Waals surface area contributed by atoms with E-state index in [1.165, 1.54) is 0 Å². The molecule has 0 atom stereocenters. The number of amides is 1. The standard InChI is InChI=1S/C23H21N3O2S/c1-15-19(17-7-5-4-6-8-17)20-21(29-15)24-14-26(23(20)28)13-16-9-11-18(12-10-16)22(27)25(2)3/h4-12,14H,13H2,1-3H3. The van der Waals surface area contributed by atoms with Crippen LogP contribution in [-0.2, 0) is 6.54 Å². The molecule has 0 spiro atoms. The summed E-state index contributed by atoms with van der Waals surface area (Å²) in [6.07, 6.45) is 1.61. The fraction of sp³-hybridized carbons (Fsp3) is 0.174. The maximum atomic E-state index is 13.3. The topological polar surface area (TPSA) is 55.2 Å². The van der Waals surface area contributed by atoms with Crippen LogP contribution >= 0.6 is 11.3 Å². The fourth-order valence-corrected chi connectivity index (χ4v) is 4.41. The van der Waals surface area contributed by atoms with E-state index in [1.54, 1.807) is 53.4 Å². The number of benzene rings is 2. The first-order valence-electron chi connectivity index (χ1n) is 9.30. The van der Waals surface area contributed by atoms with Crippen LogP contribution in [0.5, 0.6) is 0 Å². The molecule has 6 heteroatoms. The Morgan fingerprint density at radius 3 is 2.41 bits per heavy atom. The second-order valence-electron chi connectivity index (χ2n) is 7.15. The Labute approximate surface area is 172 Å². The lowest BCUT2D eigenvalue weighted by atomic mass is 10.0.